The van der Waals surface area contributed by atoms with E-state index in [0.717, 1.165) is 94.0 Å². The second-order valence-electron chi connectivity index (χ2n) is 16.8. The van der Waals surface area contributed by atoms with Crippen LogP contribution < -0.4 is 0 Å². The van der Waals surface area contributed by atoms with Crippen molar-refractivity contribution in [1.29, 1.82) is 0 Å². The summed E-state index contributed by atoms with van der Waals surface area (Å²) in [5, 5.41) is 6.87. The van der Waals surface area contributed by atoms with Gasteiger partial charge in [-0.2, -0.15) is 0 Å². The number of pyridine rings is 1. The standard InChI is InChI=1S/C65H48N4/c1-5-9-19-55-37-52-22-12-13-23-53(52)41-61(55)49-31-28-48(29-32-49)59-35-44(18-16-26-46(8-4)62-42-54-24-14-15-25-58(54)43-66-62)36-60(40-59)65-68-63(56-33-27-45(7-3)50(38-56)17-6-2)67-64(69-65)57-34-30-47-20-10-11-21-51(47)39-57/h5-43H,1,3-4H2,2H3/b17-6-,18-16+,19-9-,46-26+. The Balaban J connectivity index is 1.12. The zero-order valence-electron chi connectivity index (χ0n) is 38.4. The third-order valence-corrected chi connectivity index (χ3v) is 12.3. The molecule has 328 valence electrons. The van der Waals surface area contributed by atoms with Crippen molar-refractivity contribution in [1.82, 2.24) is 19.9 Å². The Hall–Kier alpha value is -9.12. The van der Waals surface area contributed by atoms with Gasteiger partial charge in [-0.05, 0) is 132 Å². The van der Waals surface area contributed by atoms with Crippen LogP contribution in [0.2, 0.25) is 0 Å². The predicted molar refractivity (Wildman–Crippen MR) is 295 cm³/mol. The van der Waals surface area contributed by atoms with Crippen molar-refractivity contribution in [2.24, 2.45) is 0 Å². The van der Waals surface area contributed by atoms with E-state index in [1.54, 1.807) is 0 Å². The molecule has 0 N–H and O–H groups in total. The van der Waals surface area contributed by atoms with Gasteiger partial charge in [0.15, 0.2) is 17.5 Å². The second-order valence-corrected chi connectivity index (χ2v) is 16.8. The van der Waals surface area contributed by atoms with Crippen LogP contribution in [0, 0.1) is 0 Å². The van der Waals surface area contributed by atoms with Gasteiger partial charge >= 0.3 is 0 Å². The van der Waals surface area contributed by atoms with Crippen LogP contribution in [0.1, 0.15) is 34.9 Å². The average molecular weight is 885 g/mol. The predicted octanol–water partition coefficient (Wildman–Crippen LogP) is 17.2. The maximum absolute atomic E-state index is 5.25. The number of rotatable bonds is 13. The Bertz CT molecular complexity index is 3740. The molecule has 0 aliphatic heterocycles. The zero-order valence-corrected chi connectivity index (χ0v) is 38.4. The number of hydrogen-bond donors (Lipinski definition) is 0. The first-order valence-corrected chi connectivity index (χ1v) is 23.1. The van der Waals surface area contributed by atoms with Gasteiger partial charge in [-0.15, -0.1) is 0 Å². The van der Waals surface area contributed by atoms with Gasteiger partial charge in [-0.25, -0.2) is 15.0 Å². The highest BCUT2D eigenvalue weighted by molar-refractivity contribution is 5.93. The van der Waals surface area contributed by atoms with Gasteiger partial charge in [0.25, 0.3) is 0 Å². The molecule has 10 rings (SSSR count). The number of hydrogen-bond acceptors (Lipinski definition) is 4. The van der Waals surface area contributed by atoms with Gasteiger partial charge in [0.1, 0.15) is 0 Å². The van der Waals surface area contributed by atoms with Crippen molar-refractivity contribution in [2.45, 2.75) is 6.92 Å². The molecule has 0 atom stereocenters. The first-order valence-electron chi connectivity index (χ1n) is 23.1. The Morgan fingerprint density at radius 3 is 1.72 bits per heavy atom. The molecular weight excluding hydrogens is 837 g/mol. The summed E-state index contributed by atoms with van der Waals surface area (Å²) in [6, 6.07) is 59.6. The zero-order chi connectivity index (χ0) is 47.1. The Morgan fingerprint density at radius 1 is 0.435 bits per heavy atom. The van der Waals surface area contributed by atoms with E-state index in [-0.39, 0.29) is 0 Å². The largest absolute Gasteiger partial charge is 0.256 e. The molecule has 0 bridgehead atoms. The highest BCUT2D eigenvalue weighted by atomic mass is 15.0. The van der Waals surface area contributed by atoms with E-state index in [9.17, 15) is 0 Å². The van der Waals surface area contributed by atoms with Gasteiger partial charge in [0.05, 0.1) is 5.69 Å². The van der Waals surface area contributed by atoms with Crippen molar-refractivity contribution in [3.05, 3.63) is 260 Å². The molecule has 2 aromatic heterocycles. The van der Waals surface area contributed by atoms with E-state index in [1.807, 2.05) is 55.6 Å². The molecule has 0 saturated heterocycles. The fourth-order valence-corrected chi connectivity index (χ4v) is 8.78. The Kier molecular flexibility index (Phi) is 12.5. The molecule has 0 fully saturated rings. The van der Waals surface area contributed by atoms with Crippen LogP contribution in [-0.4, -0.2) is 19.9 Å². The molecule has 0 saturated carbocycles. The maximum Gasteiger partial charge on any atom is 0.164 e. The first-order chi connectivity index (χ1) is 34.0. The fourth-order valence-electron chi connectivity index (χ4n) is 8.78. The molecule has 4 nitrogen and oxygen atoms in total. The normalized spacial score (nSPS) is 11.9. The summed E-state index contributed by atoms with van der Waals surface area (Å²) in [7, 11) is 0. The SMILES string of the molecule is C=C/C=C\c1cc2ccccc2cc1-c1ccc(-c2cc(/C=C/C=C(\C=C)c3cc4ccccc4cn3)cc(-c3nc(-c4ccc(C=C)c(/C=C\C)c4)nc(-c4ccc5ccccc5c4)n3)c2)cc1. The fraction of sp³-hybridized carbons (Fsp3) is 0.0154. The van der Waals surface area contributed by atoms with Gasteiger partial charge in [0.2, 0.25) is 0 Å². The molecule has 8 aromatic carbocycles. The summed E-state index contributed by atoms with van der Waals surface area (Å²) in [6.07, 6.45) is 21.9. The molecule has 0 spiro atoms. The number of fused-ring (bicyclic) bond motifs is 3. The summed E-state index contributed by atoms with van der Waals surface area (Å²) in [5.41, 5.74) is 12.9. The molecule has 0 unspecified atom stereocenters. The highest BCUT2D eigenvalue weighted by Crippen LogP contribution is 2.35. The molecule has 2 heterocycles. The molecule has 0 amide bonds. The molecule has 69 heavy (non-hydrogen) atoms. The second kappa shape index (κ2) is 19.8. The van der Waals surface area contributed by atoms with Gasteiger partial charge in [-0.1, -0.05) is 202 Å². The summed E-state index contributed by atoms with van der Waals surface area (Å²) < 4.78 is 0. The summed E-state index contributed by atoms with van der Waals surface area (Å²) in [6.45, 7) is 14.1. The number of benzene rings is 8. The minimum absolute atomic E-state index is 0.564. The Labute approximate surface area is 403 Å². The monoisotopic (exact) mass is 884 g/mol. The van der Waals surface area contributed by atoms with E-state index < -0.39 is 0 Å². The number of nitrogens with zero attached hydrogens (tertiary/aromatic N) is 4. The summed E-state index contributed by atoms with van der Waals surface area (Å²) >= 11 is 0. The van der Waals surface area contributed by atoms with Gasteiger partial charge in [0, 0.05) is 28.3 Å². The molecule has 0 radical (unpaired) electrons. The van der Waals surface area contributed by atoms with E-state index in [4.69, 9.17) is 19.9 Å². The van der Waals surface area contributed by atoms with Crippen LogP contribution in [0.4, 0.5) is 0 Å². The van der Waals surface area contributed by atoms with E-state index >= 15 is 0 Å². The lowest BCUT2D eigenvalue weighted by atomic mass is 9.93. The first kappa shape index (κ1) is 43.8. The van der Waals surface area contributed by atoms with Crippen LogP contribution >= 0.6 is 0 Å². The van der Waals surface area contributed by atoms with Crippen molar-refractivity contribution in [2.75, 3.05) is 0 Å². The van der Waals surface area contributed by atoms with Crippen molar-refractivity contribution in [3.8, 4) is 56.4 Å². The number of aromatic nitrogens is 4. The average Bonchev–Trinajstić information content (AvgIpc) is 3.40. The minimum atomic E-state index is 0.564. The number of allylic oxidation sites excluding steroid dienone is 7. The van der Waals surface area contributed by atoms with Crippen molar-refractivity contribution < 1.29 is 0 Å². The van der Waals surface area contributed by atoms with E-state index in [2.05, 4.69) is 208 Å². The van der Waals surface area contributed by atoms with Crippen LogP contribution in [-0.2, 0) is 0 Å². The van der Waals surface area contributed by atoms with Crippen LogP contribution in [0.25, 0.3) is 119 Å². The third kappa shape index (κ3) is 9.46. The van der Waals surface area contributed by atoms with Gasteiger partial charge < -0.3 is 0 Å². The lowest BCUT2D eigenvalue weighted by Crippen LogP contribution is -2.01. The Morgan fingerprint density at radius 2 is 1.03 bits per heavy atom. The molecule has 4 heteroatoms. The van der Waals surface area contributed by atoms with Crippen LogP contribution in [0.3, 0.4) is 0 Å². The molecule has 10 aromatic rings. The lowest BCUT2D eigenvalue weighted by molar-refractivity contribution is 1.07. The lowest BCUT2D eigenvalue weighted by Gasteiger charge is -2.13. The molecule has 0 aliphatic carbocycles. The molecular formula is C65H48N4. The van der Waals surface area contributed by atoms with Gasteiger partial charge in [-0.3, -0.25) is 4.98 Å². The van der Waals surface area contributed by atoms with E-state index in [0.29, 0.717) is 17.5 Å². The maximum atomic E-state index is 5.25. The molecule has 0 aliphatic rings. The summed E-state index contributed by atoms with van der Waals surface area (Å²) in [4.78, 5) is 20.4. The highest BCUT2D eigenvalue weighted by Gasteiger charge is 2.16. The van der Waals surface area contributed by atoms with Crippen molar-refractivity contribution in [3.63, 3.8) is 0 Å². The summed E-state index contributed by atoms with van der Waals surface area (Å²) in [5.74, 6) is 1.73. The quantitative estimate of drug-likeness (QED) is 0.108. The topological polar surface area (TPSA) is 51.6 Å². The van der Waals surface area contributed by atoms with Crippen molar-refractivity contribution >= 4 is 62.2 Å². The minimum Gasteiger partial charge on any atom is -0.256 e. The van der Waals surface area contributed by atoms with E-state index in [1.165, 1.54) is 10.8 Å². The van der Waals surface area contributed by atoms with Crippen LogP contribution in [0.5, 0.6) is 0 Å². The smallest absolute Gasteiger partial charge is 0.164 e. The van der Waals surface area contributed by atoms with Crippen LogP contribution in [0.15, 0.2) is 232 Å². The third-order valence-electron chi connectivity index (χ3n) is 12.3.